The van der Waals surface area contributed by atoms with Gasteiger partial charge in [-0.1, -0.05) is 0 Å². The molecule has 0 aromatic carbocycles. The van der Waals surface area contributed by atoms with Crippen molar-refractivity contribution < 1.29 is 72.4 Å². The van der Waals surface area contributed by atoms with Gasteiger partial charge in [0.05, 0.1) is 17.2 Å². The standard InChI is InChI=1S/2Ni.2H2O4P/c;;2*1-4-5(2)3/h;;2*1-2H/q2*+2;2*-1/p-2. The van der Waals surface area contributed by atoms with E-state index in [0.29, 0.717) is 0 Å². The predicted octanol–water partition coefficient (Wildman–Crippen LogP) is -4.29. The van der Waals surface area contributed by atoms with Crippen LogP contribution in [0.3, 0.4) is 0 Å². The summed E-state index contributed by atoms with van der Waals surface area (Å²) in [5.41, 5.74) is 0. The topological polar surface area (TPSA) is 151 Å². The second-order valence-corrected chi connectivity index (χ2v) is 1.87. The molecule has 2 atom stereocenters. The molecule has 12 heavy (non-hydrogen) atoms. The minimum atomic E-state index is -2.90. The van der Waals surface area contributed by atoms with E-state index >= 15 is 0 Å². The van der Waals surface area contributed by atoms with E-state index in [-0.39, 0.29) is 33.0 Å². The molecule has 0 aliphatic heterocycles. The second kappa shape index (κ2) is 18.3. The van der Waals surface area contributed by atoms with Gasteiger partial charge in [-0.25, -0.2) is 0 Å². The van der Waals surface area contributed by atoms with Crippen molar-refractivity contribution in [1.82, 2.24) is 0 Å². The third kappa shape index (κ3) is 41.8. The molecule has 0 saturated heterocycles. The van der Waals surface area contributed by atoms with Gasteiger partial charge in [0.25, 0.3) is 0 Å². The zero-order valence-corrected chi connectivity index (χ0v) is 8.63. The summed E-state index contributed by atoms with van der Waals surface area (Å²) >= 11 is 0. The van der Waals surface area contributed by atoms with Crippen LogP contribution in [0.5, 0.6) is 0 Å². The Kier molecular flexibility index (Phi) is 35.7. The molecule has 0 bridgehead atoms. The second-order valence-electron chi connectivity index (χ2n) is 0.625. The van der Waals surface area contributed by atoms with Crippen molar-refractivity contribution in [2.75, 3.05) is 0 Å². The molecular weight excluding hydrogens is 307 g/mol. The van der Waals surface area contributed by atoms with Crippen LogP contribution >= 0.6 is 17.2 Å². The van der Waals surface area contributed by atoms with Crippen LogP contribution in [-0.2, 0) is 42.3 Å². The predicted molar refractivity (Wildman–Crippen MR) is 20.4 cm³/mol. The molecule has 2 unspecified atom stereocenters. The molecule has 0 saturated carbocycles. The van der Waals surface area contributed by atoms with Gasteiger partial charge in [0.1, 0.15) is 0 Å². The molecule has 0 aliphatic rings. The van der Waals surface area contributed by atoms with Crippen LogP contribution in [0.15, 0.2) is 0 Å². The fourth-order valence-electron chi connectivity index (χ4n) is 0. The van der Waals surface area contributed by atoms with Crippen LogP contribution in [0.4, 0.5) is 0 Å². The Hall–Kier alpha value is 1.53. The third-order valence-electron chi connectivity index (χ3n) is 0.128. The first-order valence-corrected chi connectivity index (χ1v) is 3.72. The zero-order valence-electron chi connectivity index (χ0n) is 4.87. The van der Waals surface area contributed by atoms with E-state index in [9.17, 15) is 0 Å². The monoisotopic (exact) mass is 308 g/mol. The van der Waals surface area contributed by atoms with Gasteiger partial charge >= 0.3 is 33.0 Å². The van der Waals surface area contributed by atoms with E-state index < -0.39 is 17.2 Å². The summed E-state index contributed by atoms with van der Waals surface area (Å²) in [4.78, 5) is 32.6. The molecule has 0 aromatic rings. The first-order chi connectivity index (χ1) is 4.54. The molecular formula is H2Ni2O8P2. The Morgan fingerprint density at radius 1 is 0.833 bits per heavy atom. The van der Waals surface area contributed by atoms with Gasteiger partial charge in [0, 0.05) is 0 Å². The normalized spacial score (nSPS) is 12.5. The fourth-order valence-corrected chi connectivity index (χ4v) is 0. The van der Waals surface area contributed by atoms with Crippen LogP contribution in [0, 0.1) is 0 Å². The van der Waals surface area contributed by atoms with Gasteiger partial charge in [-0.3, -0.25) is 0 Å². The maximum absolute atomic E-state index is 8.98. The van der Waals surface area contributed by atoms with Crippen molar-refractivity contribution >= 4 is 17.2 Å². The molecule has 0 heterocycles. The maximum Gasteiger partial charge on any atom is 2.00 e. The molecule has 0 fully saturated rings. The van der Waals surface area contributed by atoms with Crippen molar-refractivity contribution in [3.8, 4) is 0 Å². The molecule has 0 amide bonds. The molecule has 0 radical (unpaired) electrons. The summed E-state index contributed by atoms with van der Waals surface area (Å²) in [6.45, 7) is 0. The summed E-state index contributed by atoms with van der Waals surface area (Å²) in [5.74, 6) is 0. The van der Waals surface area contributed by atoms with Crippen LogP contribution in [-0.4, -0.2) is 9.79 Å². The Morgan fingerprint density at radius 2 is 0.917 bits per heavy atom. The number of hydrogen-bond donors (Lipinski definition) is 2. The van der Waals surface area contributed by atoms with Gasteiger partial charge in [0.2, 0.25) is 0 Å². The van der Waals surface area contributed by atoms with Crippen LogP contribution in [0.25, 0.3) is 0 Å². The summed E-state index contributed by atoms with van der Waals surface area (Å²) in [6, 6.07) is 0. The van der Waals surface area contributed by atoms with E-state index in [1.807, 2.05) is 0 Å². The zero-order chi connectivity index (χ0) is 8.57. The average molecular weight is 309 g/mol. The Bertz CT molecular complexity index is 51.0. The van der Waals surface area contributed by atoms with E-state index in [0.717, 1.165) is 0 Å². The summed E-state index contributed by atoms with van der Waals surface area (Å²) in [6.07, 6.45) is 0. The molecule has 8 nitrogen and oxygen atoms in total. The van der Waals surface area contributed by atoms with Crippen LogP contribution < -0.4 is 20.3 Å². The third-order valence-corrected chi connectivity index (χ3v) is 0.383. The van der Waals surface area contributed by atoms with Crippen molar-refractivity contribution in [2.24, 2.45) is 0 Å². The Labute approximate surface area is 89.8 Å². The quantitative estimate of drug-likeness (QED) is 0.225. The smallest absolute Gasteiger partial charge is 0.787 e. The average Bonchev–Trinajstić information content (AvgIpc) is 1.89. The van der Waals surface area contributed by atoms with Crippen molar-refractivity contribution in [3.63, 3.8) is 0 Å². The Balaban J connectivity index is -0.0000000457. The SMILES string of the molecule is [Ni+2].[Ni+2].[O-]OP([O-])O.[O-]OP([O-])O. The van der Waals surface area contributed by atoms with E-state index in [4.69, 9.17) is 30.1 Å². The summed E-state index contributed by atoms with van der Waals surface area (Å²) in [5, 5.41) is 17.2. The largest absolute Gasteiger partial charge is 2.00 e. The molecule has 0 spiro atoms. The van der Waals surface area contributed by atoms with Gasteiger partial charge in [0.15, 0.2) is 0 Å². The molecule has 0 rings (SSSR count). The first kappa shape index (κ1) is 23.4. The molecule has 0 aliphatic carbocycles. The van der Waals surface area contributed by atoms with Crippen molar-refractivity contribution in [2.45, 2.75) is 0 Å². The molecule has 80 valence electrons. The van der Waals surface area contributed by atoms with Gasteiger partial charge < -0.3 is 39.4 Å². The van der Waals surface area contributed by atoms with Crippen LogP contribution in [0.1, 0.15) is 0 Å². The van der Waals surface area contributed by atoms with E-state index in [2.05, 4.69) is 9.35 Å². The van der Waals surface area contributed by atoms with Gasteiger partial charge in [-0.2, -0.15) is 0 Å². The fraction of sp³-hybridized carbons (Fsp3) is 0. The molecule has 0 aromatic heterocycles. The van der Waals surface area contributed by atoms with Crippen molar-refractivity contribution in [1.29, 1.82) is 0 Å². The van der Waals surface area contributed by atoms with E-state index in [1.54, 1.807) is 0 Å². The van der Waals surface area contributed by atoms with Crippen molar-refractivity contribution in [3.05, 3.63) is 0 Å². The summed E-state index contributed by atoms with van der Waals surface area (Å²) < 4.78 is 5.13. The minimum absolute atomic E-state index is 0. The molecule has 12 heteroatoms. The number of hydrogen-bond acceptors (Lipinski definition) is 8. The van der Waals surface area contributed by atoms with Gasteiger partial charge in [-0.05, 0) is 0 Å². The maximum atomic E-state index is 8.98. The van der Waals surface area contributed by atoms with Crippen LogP contribution in [0.2, 0.25) is 0 Å². The van der Waals surface area contributed by atoms with E-state index in [1.165, 1.54) is 0 Å². The summed E-state index contributed by atoms with van der Waals surface area (Å²) in [7, 11) is -5.81. The van der Waals surface area contributed by atoms with Gasteiger partial charge in [-0.15, -0.1) is 0 Å². The number of rotatable bonds is 2. The minimum Gasteiger partial charge on any atom is -0.787 e. The molecule has 2 N–H and O–H groups in total. The Morgan fingerprint density at radius 3 is 0.917 bits per heavy atom. The first-order valence-electron chi connectivity index (χ1n) is 1.46.